The first-order valence-corrected chi connectivity index (χ1v) is 9.74. The summed E-state index contributed by atoms with van der Waals surface area (Å²) < 4.78 is 18.4. The Bertz CT molecular complexity index is 782. The Kier molecular flexibility index (Phi) is 4.41. The van der Waals surface area contributed by atoms with Gasteiger partial charge in [-0.15, -0.1) is 0 Å². The zero-order valence-corrected chi connectivity index (χ0v) is 16.5. The summed E-state index contributed by atoms with van der Waals surface area (Å²) in [5.74, 6) is 0. The summed E-state index contributed by atoms with van der Waals surface area (Å²) >= 11 is 16.1. The second-order valence-corrected chi connectivity index (χ2v) is 10.1. The van der Waals surface area contributed by atoms with Gasteiger partial charge >= 0.3 is 0 Å². The molecular weight excluding hydrogens is 407 g/mol. The lowest BCUT2D eigenvalue weighted by Crippen LogP contribution is -2.35. The van der Waals surface area contributed by atoms with Crippen molar-refractivity contribution in [3.63, 3.8) is 0 Å². The van der Waals surface area contributed by atoms with Gasteiger partial charge in [0, 0.05) is 22.1 Å². The molecule has 1 aliphatic rings. The molecular formula is C15H17BrCl2N2OS. The number of benzene rings is 1. The number of nitrogens with one attached hydrogen (secondary N) is 1. The lowest BCUT2D eigenvalue weighted by Gasteiger charge is -2.21. The molecule has 0 spiro atoms. The highest BCUT2D eigenvalue weighted by Gasteiger charge is 2.30. The van der Waals surface area contributed by atoms with Gasteiger partial charge < -0.3 is 4.57 Å². The van der Waals surface area contributed by atoms with E-state index >= 15 is 0 Å². The number of rotatable bonds is 2. The zero-order valence-electron chi connectivity index (χ0n) is 12.5. The Balaban J connectivity index is 2.06. The van der Waals surface area contributed by atoms with Gasteiger partial charge in [0.15, 0.2) is 0 Å². The van der Waals surface area contributed by atoms with E-state index in [0.29, 0.717) is 10.0 Å². The normalized spacial score (nSPS) is 19.6. The van der Waals surface area contributed by atoms with Crippen molar-refractivity contribution >= 4 is 61.0 Å². The second-order valence-electron chi connectivity index (χ2n) is 6.48. The third-order valence-corrected chi connectivity index (χ3v) is 6.91. The predicted octanol–water partition coefficient (Wildman–Crippen LogP) is 5.21. The molecule has 1 N–H and O–H groups in total. The van der Waals surface area contributed by atoms with Crippen LogP contribution < -0.4 is 4.72 Å². The molecule has 0 saturated carbocycles. The van der Waals surface area contributed by atoms with Crippen LogP contribution in [0.25, 0.3) is 10.9 Å². The second kappa shape index (κ2) is 5.78. The first-order chi connectivity index (χ1) is 10.2. The molecule has 0 saturated heterocycles. The van der Waals surface area contributed by atoms with Crippen LogP contribution in [0.4, 0.5) is 0 Å². The number of hydrogen-bond acceptors (Lipinski definition) is 1. The van der Waals surface area contributed by atoms with Gasteiger partial charge in [-0.1, -0.05) is 39.1 Å². The van der Waals surface area contributed by atoms with Crippen LogP contribution in [-0.2, 0) is 17.5 Å². The largest absolute Gasteiger partial charge is 0.342 e. The van der Waals surface area contributed by atoms with Gasteiger partial charge in [0.1, 0.15) is 0 Å². The van der Waals surface area contributed by atoms with E-state index < -0.39 is 11.0 Å². The fraction of sp³-hybridized carbons (Fsp3) is 0.467. The molecule has 2 aromatic rings. The molecule has 1 aromatic heterocycles. The third kappa shape index (κ3) is 2.75. The molecule has 120 valence electrons. The zero-order chi connectivity index (χ0) is 16.2. The Morgan fingerprint density at radius 1 is 1.36 bits per heavy atom. The highest BCUT2D eigenvalue weighted by molar-refractivity contribution is 9.10. The fourth-order valence-electron chi connectivity index (χ4n) is 2.71. The minimum absolute atomic E-state index is 0.0641. The van der Waals surface area contributed by atoms with Crippen molar-refractivity contribution in [1.82, 2.24) is 9.29 Å². The molecule has 0 bridgehead atoms. The maximum Gasteiger partial charge on any atom is 0.0976 e. The van der Waals surface area contributed by atoms with Gasteiger partial charge in [0.2, 0.25) is 0 Å². The average molecular weight is 424 g/mol. The molecule has 0 radical (unpaired) electrons. The SMILES string of the molecule is CC(C)(C)S(=O)N[C@H]1CCn2c1cc1c(Br)cc(Cl)c(Cl)c12. The molecule has 3 rings (SSSR count). The van der Waals surface area contributed by atoms with E-state index in [1.54, 1.807) is 0 Å². The van der Waals surface area contributed by atoms with E-state index in [1.165, 1.54) is 0 Å². The Labute approximate surface area is 151 Å². The number of halogens is 3. The van der Waals surface area contributed by atoms with Gasteiger partial charge in [-0.25, -0.2) is 8.93 Å². The summed E-state index contributed by atoms with van der Waals surface area (Å²) in [5, 5.41) is 2.15. The van der Waals surface area contributed by atoms with Gasteiger partial charge in [0.05, 0.1) is 37.3 Å². The van der Waals surface area contributed by atoms with Crippen molar-refractivity contribution in [3.8, 4) is 0 Å². The maximum atomic E-state index is 12.4. The molecule has 7 heteroatoms. The summed E-state index contributed by atoms with van der Waals surface area (Å²) in [7, 11) is -1.11. The molecule has 1 aromatic carbocycles. The predicted molar refractivity (Wildman–Crippen MR) is 98.0 cm³/mol. The monoisotopic (exact) mass is 422 g/mol. The van der Waals surface area contributed by atoms with Gasteiger partial charge in [-0.2, -0.15) is 0 Å². The van der Waals surface area contributed by atoms with Gasteiger partial charge in [-0.3, -0.25) is 0 Å². The standard InChI is InChI=1S/C15H17BrCl2N2OS/c1-15(2,3)22(21)19-11-4-5-20-12(11)6-8-9(16)7-10(17)13(18)14(8)20/h6-7,11,19H,4-5H2,1-3H3/t11-,22?/m0/s1. The number of aryl methyl sites for hydroxylation is 1. The number of hydrogen-bond donors (Lipinski definition) is 1. The van der Waals surface area contributed by atoms with Crippen molar-refractivity contribution in [1.29, 1.82) is 0 Å². The Morgan fingerprint density at radius 3 is 2.68 bits per heavy atom. The maximum absolute atomic E-state index is 12.4. The van der Waals surface area contributed by atoms with Crippen molar-refractivity contribution in [3.05, 3.63) is 32.3 Å². The highest BCUT2D eigenvalue weighted by atomic mass is 79.9. The van der Waals surface area contributed by atoms with Gasteiger partial charge in [-0.05, 0) is 39.3 Å². The van der Waals surface area contributed by atoms with Crippen LogP contribution in [0.15, 0.2) is 16.6 Å². The highest BCUT2D eigenvalue weighted by Crippen LogP contribution is 2.42. The summed E-state index contributed by atoms with van der Waals surface area (Å²) in [6.45, 7) is 6.74. The van der Waals surface area contributed by atoms with Crippen LogP contribution in [0.1, 0.15) is 38.9 Å². The lowest BCUT2D eigenvalue weighted by molar-refractivity contribution is 0.594. The van der Waals surface area contributed by atoms with E-state index in [1.807, 2.05) is 26.8 Å². The Morgan fingerprint density at radius 2 is 2.05 bits per heavy atom. The van der Waals surface area contributed by atoms with Crippen molar-refractivity contribution in [2.75, 3.05) is 0 Å². The van der Waals surface area contributed by atoms with E-state index in [2.05, 4.69) is 31.3 Å². The van der Waals surface area contributed by atoms with Crippen molar-refractivity contribution < 1.29 is 4.21 Å². The quantitative estimate of drug-likeness (QED) is 0.661. The molecule has 22 heavy (non-hydrogen) atoms. The molecule has 0 fully saturated rings. The number of nitrogens with zero attached hydrogens (tertiary/aromatic N) is 1. The molecule has 1 unspecified atom stereocenters. The van der Waals surface area contributed by atoms with Crippen LogP contribution in [0, 0.1) is 0 Å². The van der Waals surface area contributed by atoms with Crippen LogP contribution in [0.5, 0.6) is 0 Å². The molecule has 0 amide bonds. The minimum atomic E-state index is -1.11. The molecule has 1 aliphatic heterocycles. The van der Waals surface area contributed by atoms with Crippen molar-refractivity contribution in [2.24, 2.45) is 0 Å². The summed E-state index contributed by atoms with van der Waals surface area (Å²) in [6.07, 6.45) is 0.896. The topological polar surface area (TPSA) is 34.0 Å². The van der Waals surface area contributed by atoms with E-state index in [4.69, 9.17) is 23.2 Å². The lowest BCUT2D eigenvalue weighted by atomic mass is 10.2. The van der Waals surface area contributed by atoms with Crippen LogP contribution in [0.3, 0.4) is 0 Å². The Hall–Kier alpha value is -0.0700. The summed E-state index contributed by atoms with van der Waals surface area (Å²) in [5.41, 5.74) is 2.05. The smallest absolute Gasteiger partial charge is 0.0976 e. The van der Waals surface area contributed by atoms with E-state index in [0.717, 1.165) is 34.0 Å². The van der Waals surface area contributed by atoms with Crippen molar-refractivity contribution in [2.45, 2.75) is 44.5 Å². The van der Waals surface area contributed by atoms with Crippen LogP contribution in [-0.4, -0.2) is 13.5 Å². The molecule has 3 nitrogen and oxygen atoms in total. The van der Waals surface area contributed by atoms with E-state index in [-0.39, 0.29) is 10.8 Å². The number of aromatic nitrogens is 1. The first-order valence-electron chi connectivity index (χ1n) is 7.05. The molecule has 2 heterocycles. The minimum Gasteiger partial charge on any atom is -0.342 e. The molecule has 0 aliphatic carbocycles. The first kappa shape index (κ1) is 16.8. The number of fused-ring (bicyclic) bond motifs is 3. The average Bonchev–Trinajstić information content (AvgIpc) is 2.95. The summed E-state index contributed by atoms with van der Waals surface area (Å²) in [6, 6.07) is 3.98. The third-order valence-electron chi connectivity index (χ3n) is 3.86. The van der Waals surface area contributed by atoms with Gasteiger partial charge in [0.25, 0.3) is 0 Å². The van der Waals surface area contributed by atoms with E-state index in [9.17, 15) is 4.21 Å². The molecule has 2 atom stereocenters. The van der Waals surface area contributed by atoms with Crippen LogP contribution >= 0.6 is 39.1 Å². The summed E-state index contributed by atoms with van der Waals surface area (Å²) in [4.78, 5) is 0. The van der Waals surface area contributed by atoms with Crippen LogP contribution in [0.2, 0.25) is 10.0 Å². The fourth-order valence-corrected chi connectivity index (χ4v) is 4.68.